The fourth-order valence-corrected chi connectivity index (χ4v) is 2.95. The number of amides is 1. The summed E-state index contributed by atoms with van der Waals surface area (Å²) in [6, 6.07) is -0.104. The minimum Gasteiger partial charge on any atom is -0.382 e. The van der Waals surface area contributed by atoms with E-state index >= 15 is 0 Å². The van der Waals surface area contributed by atoms with Crippen LogP contribution >= 0.6 is 11.3 Å². The second kappa shape index (κ2) is 5.00. The number of hydrogen-bond donors (Lipinski definition) is 3. The molecule has 1 amide bonds. The van der Waals surface area contributed by atoms with Gasteiger partial charge in [0.2, 0.25) is 0 Å². The first kappa shape index (κ1) is 13.5. The maximum atomic E-state index is 12.2. The average Bonchev–Trinajstić information content (AvgIpc) is 2.81. The Balaban J connectivity index is 2.18. The van der Waals surface area contributed by atoms with Crippen LogP contribution in [0.5, 0.6) is 0 Å². The van der Waals surface area contributed by atoms with Gasteiger partial charge in [0.25, 0.3) is 5.91 Å². The van der Waals surface area contributed by atoms with Crippen LogP contribution in [0.25, 0.3) is 0 Å². The molecule has 1 atom stereocenters. The molecule has 2 aromatic rings. The van der Waals surface area contributed by atoms with Crippen LogP contribution in [0.15, 0.2) is 0 Å². The van der Waals surface area contributed by atoms with Crippen LogP contribution in [-0.4, -0.2) is 21.1 Å². The van der Waals surface area contributed by atoms with E-state index < -0.39 is 0 Å². The summed E-state index contributed by atoms with van der Waals surface area (Å²) in [6.07, 6.45) is 0. The number of nitrogens with one attached hydrogen (secondary N) is 2. The van der Waals surface area contributed by atoms with Gasteiger partial charge in [-0.2, -0.15) is 5.10 Å². The molecule has 1 unspecified atom stereocenters. The van der Waals surface area contributed by atoms with E-state index in [0.717, 1.165) is 15.6 Å². The van der Waals surface area contributed by atoms with Crippen molar-refractivity contribution in [2.24, 2.45) is 0 Å². The number of aromatic nitrogens is 3. The predicted molar refractivity (Wildman–Crippen MR) is 75.2 cm³/mol. The monoisotopic (exact) mass is 279 g/mol. The third kappa shape index (κ3) is 2.60. The van der Waals surface area contributed by atoms with Gasteiger partial charge in [0.1, 0.15) is 5.56 Å². The van der Waals surface area contributed by atoms with Crippen LogP contribution in [-0.2, 0) is 0 Å². The number of H-pyrrole nitrogens is 1. The minimum absolute atomic E-state index is 0.104. The fourth-order valence-electron chi connectivity index (χ4n) is 2.02. The predicted octanol–water partition coefficient (Wildman–Crippen LogP) is 1.86. The lowest BCUT2D eigenvalue weighted by molar-refractivity contribution is 0.0941. The van der Waals surface area contributed by atoms with Crippen LogP contribution in [0.2, 0.25) is 0 Å². The van der Waals surface area contributed by atoms with E-state index in [-0.39, 0.29) is 17.8 Å². The number of rotatable bonds is 3. The molecule has 0 aliphatic heterocycles. The standard InChI is InChI=1S/C12H17N5OS/c1-5-9(11(13)17-16-5)12(18)15-7(3)10-6(2)14-8(4)19-10/h7H,1-4H3,(H,15,18)(H3,13,16,17). The van der Waals surface area contributed by atoms with Gasteiger partial charge in [-0.15, -0.1) is 11.3 Å². The Hall–Kier alpha value is -1.89. The maximum Gasteiger partial charge on any atom is 0.257 e. The molecule has 19 heavy (non-hydrogen) atoms. The van der Waals surface area contributed by atoms with Crippen molar-refractivity contribution in [2.75, 3.05) is 5.73 Å². The molecule has 7 heteroatoms. The van der Waals surface area contributed by atoms with Gasteiger partial charge in [0.05, 0.1) is 16.7 Å². The van der Waals surface area contributed by atoms with Gasteiger partial charge in [-0.05, 0) is 27.7 Å². The zero-order valence-corrected chi connectivity index (χ0v) is 12.2. The van der Waals surface area contributed by atoms with E-state index in [1.54, 1.807) is 18.3 Å². The Morgan fingerprint density at radius 1 is 1.42 bits per heavy atom. The highest BCUT2D eigenvalue weighted by molar-refractivity contribution is 7.11. The molecule has 0 aromatic carbocycles. The SMILES string of the molecule is Cc1nc(C)c(C(C)NC(=O)c2c(N)n[nH]c2C)s1. The van der Waals surface area contributed by atoms with Gasteiger partial charge < -0.3 is 11.1 Å². The molecule has 0 bridgehead atoms. The number of nitrogens with two attached hydrogens (primary N) is 1. The van der Waals surface area contributed by atoms with E-state index in [1.165, 1.54) is 0 Å². The van der Waals surface area contributed by atoms with Crippen molar-refractivity contribution in [2.45, 2.75) is 33.7 Å². The normalized spacial score (nSPS) is 12.4. The largest absolute Gasteiger partial charge is 0.382 e. The maximum absolute atomic E-state index is 12.2. The lowest BCUT2D eigenvalue weighted by Gasteiger charge is -2.12. The highest BCUT2D eigenvalue weighted by Gasteiger charge is 2.20. The highest BCUT2D eigenvalue weighted by atomic mass is 32.1. The molecule has 102 valence electrons. The number of nitrogen functional groups attached to an aromatic ring is 1. The summed E-state index contributed by atoms with van der Waals surface area (Å²) in [4.78, 5) is 17.6. The Labute approximate surface area is 115 Å². The summed E-state index contributed by atoms with van der Waals surface area (Å²) in [5.41, 5.74) is 7.70. The lowest BCUT2D eigenvalue weighted by Crippen LogP contribution is -2.27. The van der Waals surface area contributed by atoms with Gasteiger partial charge in [-0.1, -0.05) is 0 Å². The van der Waals surface area contributed by atoms with Crippen molar-refractivity contribution in [3.63, 3.8) is 0 Å². The number of carbonyl (C=O) groups excluding carboxylic acids is 1. The smallest absolute Gasteiger partial charge is 0.257 e. The highest BCUT2D eigenvalue weighted by Crippen LogP contribution is 2.25. The van der Waals surface area contributed by atoms with Gasteiger partial charge >= 0.3 is 0 Å². The Morgan fingerprint density at radius 2 is 2.11 bits per heavy atom. The van der Waals surface area contributed by atoms with Gasteiger partial charge in [0.15, 0.2) is 5.82 Å². The molecule has 0 aliphatic rings. The van der Waals surface area contributed by atoms with Crippen molar-refractivity contribution in [3.05, 3.63) is 26.8 Å². The molecule has 0 aliphatic carbocycles. The van der Waals surface area contributed by atoms with Crippen molar-refractivity contribution in [1.82, 2.24) is 20.5 Å². The minimum atomic E-state index is -0.221. The van der Waals surface area contributed by atoms with E-state index in [2.05, 4.69) is 20.5 Å². The quantitative estimate of drug-likeness (QED) is 0.799. The second-order valence-corrected chi connectivity index (χ2v) is 5.72. The molecule has 0 radical (unpaired) electrons. The number of aryl methyl sites for hydroxylation is 3. The molecular formula is C12H17N5OS. The van der Waals surface area contributed by atoms with Crippen molar-refractivity contribution < 1.29 is 4.79 Å². The van der Waals surface area contributed by atoms with Crippen molar-refractivity contribution >= 4 is 23.1 Å². The van der Waals surface area contributed by atoms with Crippen LogP contribution in [0.1, 0.15) is 44.6 Å². The Bertz CT molecular complexity index is 596. The van der Waals surface area contributed by atoms with Gasteiger partial charge in [-0.3, -0.25) is 9.89 Å². The first-order valence-corrected chi connectivity index (χ1v) is 6.77. The molecular weight excluding hydrogens is 262 g/mol. The van der Waals surface area contributed by atoms with Crippen molar-refractivity contribution in [1.29, 1.82) is 0 Å². The molecule has 0 saturated carbocycles. The zero-order chi connectivity index (χ0) is 14.2. The summed E-state index contributed by atoms with van der Waals surface area (Å²) in [7, 11) is 0. The first-order valence-electron chi connectivity index (χ1n) is 5.95. The van der Waals surface area contributed by atoms with Crippen LogP contribution in [0, 0.1) is 20.8 Å². The van der Waals surface area contributed by atoms with Crippen molar-refractivity contribution in [3.8, 4) is 0 Å². The van der Waals surface area contributed by atoms with E-state index in [0.29, 0.717) is 11.3 Å². The molecule has 0 fully saturated rings. The van der Waals surface area contributed by atoms with E-state index in [4.69, 9.17) is 5.73 Å². The summed E-state index contributed by atoms with van der Waals surface area (Å²) in [6.45, 7) is 7.60. The summed E-state index contributed by atoms with van der Waals surface area (Å²) in [5, 5.41) is 10.4. The van der Waals surface area contributed by atoms with Gasteiger partial charge in [-0.25, -0.2) is 4.98 Å². The summed E-state index contributed by atoms with van der Waals surface area (Å²) < 4.78 is 0. The Morgan fingerprint density at radius 3 is 2.58 bits per heavy atom. The molecule has 0 spiro atoms. The number of anilines is 1. The summed E-state index contributed by atoms with van der Waals surface area (Å²) in [5.74, 6) is 0.00103. The van der Waals surface area contributed by atoms with Crippen LogP contribution in [0.3, 0.4) is 0 Å². The van der Waals surface area contributed by atoms with E-state index in [1.807, 2.05) is 20.8 Å². The summed E-state index contributed by atoms with van der Waals surface area (Å²) >= 11 is 1.59. The topological polar surface area (TPSA) is 96.7 Å². The Kier molecular flexibility index (Phi) is 3.57. The average molecular weight is 279 g/mol. The third-order valence-electron chi connectivity index (χ3n) is 2.88. The number of nitrogens with zero attached hydrogens (tertiary/aromatic N) is 2. The third-order valence-corrected chi connectivity index (χ3v) is 4.14. The number of thiazole rings is 1. The van der Waals surface area contributed by atoms with Crippen LogP contribution in [0.4, 0.5) is 5.82 Å². The molecule has 0 saturated heterocycles. The molecule has 2 heterocycles. The first-order chi connectivity index (χ1) is 8.90. The second-order valence-electron chi connectivity index (χ2n) is 4.49. The molecule has 6 nitrogen and oxygen atoms in total. The fraction of sp³-hybridized carbons (Fsp3) is 0.417. The van der Waals surface area contributed by atoms with Crippen LogP contribution < -0.4 is 11.1 Å². The number of carbonyl (C=O) groups is 1. The lowest BCUT2D eigenvalue weighted by atomic mass is 10.2. The number of aromatic amines is 1. The number of hydrogen-bond acceptors (Lipinski definition) is 5. The van der Waals surface area contributed by atoms with Gasteiger partial charge in [0, 0.05) is 10.6 Å². The molecule has 2 rings (SSSR count). The molecule has 4 N–H and O–H groups in total. The van der Waals surface area contributed by atoms with E-state index in [9.17, 15) is 4.79 Å². The zero-order valence-electron chi connectivity index (χ0n) is 11.4. The molecule has 2 aromatic heterocycles.